The molecule has 21 heavy (non-hydrogen) atoms. The number of hydrogen-bond acceptors (Lipinski definition) is 4. The average molecular weight is 303 g/mol. The Bertz CT molecular complexity index is 602. The van der Waals surface area contributed by atoms with E-state index in [-0.39, 0.29) is 5.78 Å². The van der Waals surface area contributed by atoms with Crippen molar-refractivity contribution in [3.8, 4) is 0 Å². The van der Waals surface area contributed by atoms with E-state index in [1.54, 1.807) is 11.3 Å². The molecule has 2 heterocycles. The molecule has 3 rings (SSSR count). The van der Waals surface area contributed by atoms with Crippen molar-refractivity contribution in [2.75, 3.05) is 19.7 Å². The van der Waals surface area contributed by atoms with Gasteiger partial charge in [-0.2, -0.15) is 0 Å². The third kappa shape index (κ3) is 3.90. The molecule has 1 aliphatic heterocycles. The lowest BCUT2D eigenvalue weighted by atomic mass is 10.1. The molecule has 1 saturated heterocycles. The fourth-order valence-corrected chi connectivity index (χ4v) is 3.73. The van der Waals surface area contributed by atoms with Gasteiger partial charge in [-0.25, -0.2) is 0 Å². The minimum Gasteiger partial charge on any atom is -0.378 e. The molecule has 1 aromatic carbocycles. The lowest BCUT2D eigenvalue weighted by Crippen LogP contribution is -2.32. The maximum Gasteiger partial charge on any atom is 0.139 e. The van der Waals surface area contributed by atoms with E-state index in [1.165, 1.54) is 10.1 Å². The Labute approximate surface area is 129 Å². The van der Waals surface area contributed by atoms with Crippen LogP contribution in [0.2, 0.25) is 0 Å². The third-order valence-electron chi connectivity index (χ3n) is 3.97. The van der Waals surface area contributed by atoms with Gasteiger partial charge in [-0.3, -0.25) is 4.79 Å². The SMILES string of the molecule is O=C(CCOC1CCNCC1)Cc1csc2ccccc12. The minimum atomic E-state index is 0.271. The molecule has 1 aliphatic rings. The van der Waals surface area contributed by atoms with Gasteiger partial charge in [0.25, 0.3) is 0 Å². The van der Waals surface area contributed by atoms with Gasteiger partial charge in [-0.15, -0.1) is 11.3 Å². The molecule has 0 bridgehead atoms. The number of nitrogens with one attached hydrogen (secondary N) is 1. The van der Waals surface area contributed by atoms with Gasteiger partial charge in [0.05, 0.1) is 12.7 Å². The first-order valence-electron chi connectivity index (χ1n) is 7.62. The third-order valence-corrected chi connectivity index (χ3v) is 4.98. The molecule has 0 unspecified atom stereocenters. The largest absolute Gasteiger partial charge is 0.378 e. The summed E-state index contributed by atoms with van der Waals surface area (Å²) in [6, 6.07) is 8.27. The maximum absolute atomic E-state index is 12.1. The van der Waals surface area contributed by atoms with E-state index in [0.717, 1.165) is 31.5 Å². The first-order chi connectivity index (χ1) is 10.3. The van der Waals surface area contributed by atoms with Crippen LogP contribution in [0.15, 0.2) is 29.6 Å². The van der Waals surface area contributed by atoms with Gasteiger partial charge in [0.1, 0.15) is 5.78 Å². The molecule has 1 N–H and O–H groups in total. The zero-order valence-electron chi connectivity index (χ0n) is 12.1. The summed E-state index contributed by atoms with van der Waals surface area (Å²) in [5.41, 5.74) is 1.16. The maximum atomic E-state index is 12.1. The summed E-state index contributed by atoms with van der Waals surface area (Å²) in [4.78, 5) is 12.1. The monoisotopic (exact) mass is 303 g/mol. The van der Waals surface area contributed by atoms with Crippen molar-refractivity contribution >= 4 is 27.2 Å². The highest BCUT2D eigenvalue weighted by Crippen LogP contribution is 2.26. The summed E-state index contributed by atoms with van der Waals surface area (Å²) < 4.78 is 7.06. The molecule has 0 radical (unpaired) electrons. The van der Waals surface area contributed by atoms with E-state index < -0.39 is 0 Å². The molecule has 2 aromatic rings. The van der Waals surface area contributed by atoms with Crippen molar-refractivity contribution in [2.45, 2.75) is 31.8 Å². The second-order valence-electron chi connectivity index (χ2n) is 5.54. The topological polar surface area (TPSA) is 38.3 Å². The number of piperidine rings is 1. The van der Waals surface area contributed by atoms with Crippen LogP contribution in [0.25, 0.3) is 10.1 Å². The van der Waals surface area contributed by atoms with Crippen LogP contribution in [-0.4, -0.2) is 31.6 Å². The number of carbonyl (C=O) groups excluding carboxylic acids is 1. The Kier molecular flexibility index (Phi) is 5.01. The van der Waals surface area contributed by atoms with Crippen molar-refractivity contribution < 1.29 is 9.53 Å². The average Bonchev–Trinajstić information content (AvgIpc) is 2.92. The van der Waals surface area contributed by atoms with Crippen LogP contribution in [0.1, 0.15) is 24.8 Å². The van der Waals surface area contributed by atoms with Gasteiger partial charge >= 0.3 is 0 Å². The Morgan fingerprint density at radius 3 is 2.95 bits per heavy atom. The summed E-state index contributed by atoms with van der Waals surface area (Å²) in [6.07, 6.45) is 3.50. The number of ether oxygens (including phenoxy) is 1. The summed E-state index contributed by atoms with van der Waals surface area (Å²) >= 11 is 1.71. The zero-order valence-corrected chi connectivity index (χ0v) is 13.0. The predicted octanol–water partition coefficient (Wildman–Crippen LogP) is 3.17. The quantitative estimate of drug-likeness (QED) is 0.891. The molecule has 1 fully saturated rings. The van der Waals surface area contributed by atoms with E-state index in [0.29, 0.717) is 25.6 Å². The minimum absolute atomic E-state index is 0.271. The van der Waals surface area contributed by atoms with Crippen molar-refractivity contribution in [3.63, 3.8) is 0 Å². The fraction of sp³-hybridized carbons (Fsp3) is 0.471. The number of fused-ring (bicyclic) bond motifs is 1. The van der Waals surface area contributed by atoms with Gasteiger partial charge in [0, 0.05) is 17.5 Å². The standard InChI is InChI=1S/C17H21NO2S/c19-14(7-10-20-15-5-8-18-9-6-15)11-13-12-21-17-4-2-1-3-16(13)17/h1-4,12,15,18H,5-11H2. The number of benzene rings is 1. The fourth-order valence-electron chi connectivity index (χ4n) is 2.77. The Morgan fingerprint density at radius 2 is 2.10 bits per heavy atom. The van der Waals surface area contributed by atoms with E-state index >= 15 is 0 Å². The molecule has 1 aromatic heterocycles. The van der Waals surface area contributed by atoms with Crippen molar-refractivity contribution in [1.29, 1.82) is 0 Å². The Balaban J connectivity index is 1.47. The first-order valence-corrected chi connectivity index (χ1v) is 8.50. The van der Waals surface area contributed by atoms with E-state index in [2.05, 4.69) is 22.8 Å². The summed E-state index contributed by atoms with van der Waals surface area (Å²) in [5.74, 6) is 0.271. The Hall–Kier alpha value is -1.23. The number of rotatable bonds is 6. The highest BCUT2D eigenvalue weighted by Gasteiger charge is 2.14. The van der Waals surface area contributed by atoms with Crippen LogP contribution in [0.3, 0.4) is 0 Å². The van der Waals surface area contributed by atoms with Gasteiger partial charge in [-0.1, -0.05) is 18.2 Å². The smallest absolute Gasteiger partial charge is 0.139 e. The zero-order chi connectivity index (χ0) is 14.5. The lowest BCUT2D eigenvalue weighted by molar-refractivity contribution is -0.120. The molecule has 112 valence electrons. The predicted molar refractivity (Wildman–Crippen MR) is 87.0 cm³/mol. The highest BCUT2D eigenvalue weighted by atomic mass is 32.1. The van der Waals surface area contributed by atoms with Crippen LogP contribution in [0.5, 0.6) is 0 Å². The molecule has 3 nitrogen and oxygen atoms in total. The van der Waals surface area contributed by atoms with E-state index in [4.69, 9.17) is 4.74 Å². The number of Topliss-reactive ketones (excluding diaryl/α,β-unsaturated/α-hetero) is 1. The van der Waals surface area contributed by atoms with Crippen molar-refractivity contribution in [1.82, 2.24) is 5.32 Å². The first kappa shape index (κ1) is 14.7. The van der Waals surface area contributed by atoms with Crippen LogP contribution < -0.4 is 5.32 Å². The Morgan fingerprint density at radius 1 is 1.29 bits per heavy atom. The highest BCUT2D eigenvalue weighted by molar-refractivity contribution is 7.17. The van der Waals surface area contributed by atoms with Gasteiger partial charge < -0.3 is 10.1 Å². The van der Waals surface area contributed by atoms with Crippen LogP contribution in [0.4, 0.5) is 0 Å². The van der Waals surface area contributed by atoms with Gasteiger partial charge in [0.2, 0.25) is 0 Å². The molecule has 0 amide bonds. The molecule has 0 atom stereocenters. The molecule has 0 saturated carbocycles. The molecular weight excluding hydrogens is 282 g/mol. The van der Waals surface area contributed by atoms with Crippen molar-refractivity contribution in [3.05, 3.63) is 35.2 Å². The van der Waals surface area contributed by atoms with Crippen LogP contribution >= 0.6 is 11.3 Å². The number of thiophene rings is 1. The van der Waals surface area contributed by atoms with E-state index in [9.17, 15) is 4.79 Å². The molecule has 0 spiro atoms. The second-order valence-corrected chi connectivity index (χ2v) is 6.45. The van der Waals surface area contributed by atoms with Crippen LogP contribution in [0, 0.1) is 0 Å². The number of ketones is 1. The number of hydrogen-bond donors (Lipinski definition) is 1. The summed E-state index contributed by atoms with van der Waals surface area (Å²) in [6.45, 7) is 2.62. The summed E-state index contributed by atoms with van der Waals surface area (Å²) in [7, 11) is 0. The molecular formula is C17H21NO2S. The molecule has 0 aliphatic carbocycles. The van der Waals surface area contributed by atoms with Crippen molar-refractivity contribution in [2.24, 2.45) is 0 Å². The van der Waals surface area contributed by atoms with Gasteiger partial charge in [0.15, 0.2) is 0 Å². The molecule has 4 heteroatoms. The normalized spacial score (nSPS) is 16.4. The van der Waals surface area contributed by atoms with Crippen LogP contribution in [-0.2, 0) is 16.0 Å². The number of carbonyl (C=O) groups is 1. The summed E-state index contributed by atoms with van der Waals surface area (Å²) in [5, 5.41) is 6.64. The lowest BCUT2D eigenvalue weighted by Gasteiger charge is -2.22. The van der Waals surface area contributed by atoms with Gasteiger partial charge in [-0.05, 0) is 48.3 Å². The second kappa shape index (κ2) is 7.16. The van der Waals surface area contributed by atoms with E-state index in [1.807, 2.05) is 12.1 Å².